The van der Waals surface area contributed by atoms with E-state index in [1.165, 1.54) is 0 Å². The summed E-state index contributed by atoms with van der Waals surface area (Å²) in [4.78, 5) is 47.5. The number of hydrogen-bond acceptors (Lipinski definition) is 7. The molecule has 6 rings (SSSR count). The van der Waals surface area contributed by atoms with Gasteiger partial charge in [0.05, 0.1) is 40.7 Å². The predicted molar refractivity (Wildman–Crippen MR) is 220 cm³/mol. The summed E-state index contributed by atoms with van der Waals surface area (Å²) < 4.78 is 0. The first-order valence-electron chi connectivity index (χ1n) is 20.0. The van der Waals surface area contributed by atoms with Gasteiger partial charge in [-0.05, 0) is 93.7 Å². The Bertz CT molecular complexity index is 2030. The number of aliphatic hydroxyl groups excluding tert-OH is 1. The van der Waals surface area contributed by atoms with E-state index in [1.807, 2.05) is 86.2 Å². The fraction of sp³-hybridized carbons (Fsp3) is 0.545. The van der Waals surface area contributed by atoms with Crippen LogP contribution in [0.25, 0.3) is 22.3 Å². The molecule has 0 bridgehead atoms. The zero-order valence-electron chi connectivity index (χ0n) is 33.3. The minimum atomic E-state index is -0.911. The molecule has 0 spiro atoms. The molecule has 2 aliphatic heterocycles. The van der Waals surface area contributed by atoms with Gasteiger partial charge < -0.3 is 30.0 Å². The molecule has 2 aromatic heterocycles. The predicted octanol–water partition coefficient (Wildman–Crippen LogP) is 7.11. The second kappa shape index (κ2) is 16.9. The van der Waals surface area contributed by atoms with Crippen molar-refractivity contribution >= 4 is 35.5 Å². The van der Waals surface area contributed by atoms with E-state index in [0.717, 1.165) is 77.3 Å². The van der Waals surface area contributed by atoms with Crippen molar-refractivity contribution in [3.05, 3.63) is 71.4 Å². The Balaban J connectivity index is 1.09. The normalized spacial score (nSPS) is 21.7. The Morgan fingerprint density at radius 1 is 0.945 bits per heavy atom. The lowest BCUT2D eigenvalue weighted by Gasteiger charge is -2.34. The number of thiol groups is 1. The lowest BCUT2D eigenvalue weighted by molar-refractivity contribution is -0.139. The second-order valence-corrected chi connectivity index (χ2v) is 16.8. The van der Waals surface area contributed by atoms with Gasteiger partial charge in [0.15, 0.2) is 0 Å². The maximum Gasteiger partial charge on any atom is 0.226 e. The molecule has 4 N–H and O–H groups in total. The Kier molecular flexibility index (Phi) is 12.5. The number of rotatable bonds is 12. The van der Waals surface area contributed by atoms with Crippen LogP contribution in [0, 0.1) is 35.5 Å². The topological polar surface area (TPSA) is 138 Å². The van der Waals surface area contributed by atoms with Crippen LogP contribution in [0.1, 0.15) is 115 Å². The van der Waals surface area contributed by atoms with Gasteiger partial charge in [-0.2, -0.15) is 12.6 Å². The summed E-state index contributed by atoms with van der Waals surface area (Å²) in [5.41, 5.74) is 4.53. The van der Waals surface area contributed by atoms with Gasteiger partial charge in [0.25, 0.3) is 0 Å². The summed E-state index contributed by atoms with van der Waals surface area (Å²) >= 11 is 4.30. The molecule has 294 valence electrons. The number of likely N-dealkylation sites (tertiary alicyclic amines) is 2. The van der Waals surface area contributed by atoms with Crippen molar-refractivity contribution < 1.29 is 19.8 Å². The molecule has 0 radical (unpaired) electrons. The average molecular weight is 767 g/mol. The number of carbonyl (C=O) groups excluding carboxylic acids is 2. The number of imidazole rings is 2. The Hall–Kier alpha value is -4.11. The largest absolute Gasteiger partial charge is 0.393 e. The molecule has 11 heteroatoms. The highest BCUT2D eigenvalue weighted by Crippen LogP contribution is 2.36. The van der Waals surface area contributed by atoms with Gasteiger partial charge >= 0.3 is 0 Å². The Morgan fingerprint density at radius 2 is 1.62 bits per heavy atom. The van der Waals surface area contributed by atoms with E-state index in [2.05, 4.69) is 46.3 Å². The number of aliphatic hydroxyl groups is 2. The van der Waals surface area contributed by atoms with Gasteiger partial charge in [-0.1, -0.05) is 58.6 Å². The van der Waals surface area contributed by atoms with Gasteiger partial charge in [-0.25, -0.2) is 9.97 Å². The zero-order valence-corrected chi connectivity index (χ0v) is 34.2. The summed E-state index contributed by atoms with van der Waals surface area (Å²) in [5.74, 6) is 8.25. The van der Waals surface area contributed by atoms with Crippen LogP contribution in [0.3, 0.4) is 0 Å². The number of amides is 2. The summed E-state index contributed by atoms with van der Waals surface area (Å²) in [6.07, 6.45) is 5.58. The molecule has 9 atom stereocenters. The van der Waals surface area contributed by atoms with Crippen molar-refractivity contribution in [2.24, 2.45) is 23.7 Å². The number of carbonyl (C=O) groups is 2. The first-order chi connectivity index (χ1) is 26.2. The summed E-state index contributed by atoms with van der Waals surface area (Å²) in [6, 6.07) is 14.0. The number of aromatic amines is 2. The third-order valence-corrected chi connectivity index (χ3v) is 13.2. The van der Waals surface area contributed by atoms with E-state index in [1.54, 1.807) is 13.8 Å². The monoisotopic (exact) mass is 766 g/mol. The molecular formula is C44H58N6O4S. The highest BCUT2D eigenvalue weighted by molar-refractivity contribution is 7.80. The first kappa shape index (κ1) is 40.6. The number of benzene rings is 2. The van der Waals surface area contributed by atoms with Crippen LogP contribution in [0.5, 0.6) is 0 Å². The van der Waals surface area contributed by atoms with Crippen molar-refractivity contribution in [1.29, 1.82) is 0 Å². The quantitative estimate of drug-likeness (QED) is 0.0771. The van der Waals surface area contributed by atoms with Crippen molar-refractivity contribution in [3.63, 3.8) is 0 Å². The number of fused-ring (bicyclic) bond motifs is 1. The molecule has 2 amide bonds. The molecule has 4 heterocycles. The van der Waals surface area contributed by atoms with E-state index in [9.17, 15) is 19.8 Å². The molecule has 2 aromatic carbocycles. The summed E-state index contributed by atoms with van der Waals surface area (Å²) in [7, 11) is 0. The highest BCUT2D eigenvalue weighted by Gasteiger charge is 2.39. The van der Waals surface area contributed by atoms with E-state index >= 15 is 0 Å². The van der Waals surface area contributed by atoms with Gasteiger partial charge in [0.2, 0.25) is 11.8 Å². The van der Waals surface area contributed by atoms with E-state index in [4.69, 9.17) is 4.98 Å². The van der Waals surface area contributed by atoms with Gasteiger partial charge in [0.1, 0.15) is 11.6 Å². The van der Waals surface area contributed by atoms with Crippen molar-refractivity contribution in [2.75, 3.05) is 18.8 Å². The molecular weight excluding hydrogens is 709 g/mol. The number of nitrogens with zero attached hydrogens (tertiary/aromatic N) is 4. The number of nitrogens with one attached hydrogen (secondary N) is 2. The van der Waals surface area contributed by atoms with Crippen LogP contribution < -0.4 is 0 Å². The molecule has 4 aromatic rings. The van der Waals surface area contributed by atoms with Gasteiger partial charge in [0, 0.05) is 53.8 Å². The summed E-state index contributed by atoms with van der Waals surface area (Å²) in [6.45, 7) is 14.9. The standard InChI is InChI=1S/C44H58N6O4S/c1-26(22-27(2)44(7,54)25-55)42(52)49-20-8-10-38(49)30(5)40-46-35-19-16-33(23-36(35)47-40)13-12-32-14-17-34(18-15-32)37-24-45-41(48-37)39-11-9-21-50(39)43(53)29(4)28(3)31(6)51/h14-19,23-24,26-31,38-39,51,54-55H,8-11,20-22,25H2,1-7H3,(H,45,48)(H,46,47). The van der Waals surface area contributed by atoms with Crippen LogP contribution in [0.4, 0.5) is 0 Å². The second-order valence-electron chi connectivity index (χ2n) is 16.5. The number of hydrogen-bond donors (Lipinski definition) is 5. The Morgan fingerprint density at radius 3 is 2.33 bits per heavy atom. The molecule has 2 fully saturated rings. The third-order valence-electron chi connectivity index (χ3n) is 12.5. The molecule has 2 saturated heterocycles. The molecule has 10 nitrogen and oxygen atoms in total. The average Bonchev–Trinajstić information content (AvgIpc) is 4.02. The van der Waals surface area contributed by atoms with Crippen LogP contribution in [-0.4, -0.2) is 88.4 Å². The van der Waals surface area contributed by atoms with Crippen LogP contribution in [-0.2, 0) is 9.59 Å². The van der Waals surface area contributed by atoms with Crippen molar-refractivity contribution in [3.8, 4) is 23.1 Å². The molecule has 0 saturated carbocycles. The van der Waals surface area contributed by atoms with E-state index in [-0.39, 0.29) is 53.5 Å². The number of aromatic nitrogens is 4. The number of H-pyrrole nitrogens is 2. The Labute approximate surface area is 331 Å². The smallest absolute Gasteiger partial charge is 0.226 e. The van der Waals surface area contributed by atoms with Gasteiger partial charge in [-0.3, -0.25) is 9.59 Å². The lowest BCUT2D eigenvalue weighted by atomic mass is 9.84. The summed E-state index contributed by atoms with van der Waals surface area (Å²) in [5, 5.41) is 20.7. The van der Waals surface area contributed by atoms with E-state index in [0.29, 0.717) is 18.7 Å². The van der Waals surface area contributed by atoms with Crippen molar-refractivity contribution in [2.45, 2.75) is 110 Å². The minimum Gasteiger partial charge on any atom is -0.393 e. The van der Waals surface area contributed by atoms with Crippen molar-refractivity contribution in [1.82, 2.24) is 29.7 Å². The molecule has 2 aliphatic rings. The first-order valence-corrected chi connectivity index (χ1v) is 20.6. The third kappa shape index (κ3) is 8.82. The SMILES string of the molecule is CC(CC(C)C(C)(O)CS)C(=O)N1CCCC1C(C)c1nc2ccc(C#Cc3ccc(-c4cnc(C5CCCN5C(=O)C(C)C(C)C(C)O)[nH]4)cc3)cc2[nH]1. The minimum absolute atomic E-state index is 0.0379. The van der Waals surface area contributed by atoms with Crippen LogP contribution in [0.2, 0.25) is 0 Å². The maximum atomic E-state index is 13.6. The van der Waals surface area contributed by atoms with Crippen LogP contribution >= 0.6 is 12.6 Å². The maximum absolute atomic E-state index is 13.6. The van der Waals surface area contributed by atoms with Crippen LogP contribution in [0.15, 0.2) is 48.7 Å². The highest BCUT2D eigenvalue weighted by atomic mass is 32.1. The molecule has 55 heavy (non-hydrogen) atoms. The lowest BCUT2D eigenvalue weighted by Crippen LogP contribution is -2.43. The molecule has 9 unspecified atom stereocenters. The fourth-order valence-electron chi connectivity index (χ4n) is 8.16. The molecule has 0 aliphatic carbocycles. The van der Waals surface area contributed by atoms with E-state index < -0.39 is 11.7 Å². The zero-order chi connectivity index (χ0) is 39.6. The van der Waals surface area contributed by atoms with Gasteiger partial charge in [-0.15, -0.1) is 0 Å². The fourth-order valence-corrected chi connectivity index (χ4v) is 8.48.